The molecule has 0 saturated heterocycles. The maximum absolute atomic E-state index is 12.7. The summed E-state index contributed by atoms with van der Waals surface area (Å²) in [6.45, 7) is 4.15. The zero-order valence-corrected chi connectivity index (χ0v) is 16.4. The van der Waals surface area contributed by atoms with Gasteiger partial charge in [0.15, 0.2) is 0 Å². The molecule has 0 aliphatic heterocycles. The lowest BCUT2D eigenvalue weighted by Gasteiger charge is -2.07. The predicted octanol–water partition coefficient (Wildman–Crippen LogP) is 3.69. The number of unbranched alkanes of at least 4 members (excludes halogenated alkanes) is 1. The van der Waals surface area contributed by atoms with Crippen LogP contribution in [0.15, 0.2) is 35.1 Å². The van der Waals surface area contributed by atoms with Gasteiger partial charge in [-0.05, 0) is 37.1 Å². The molecule has 0 spiro atoms. The van der Waals surface area contributed by atoms with Crippen molar-refractivity contribution in [2.75, 3.05) is 17.7 Å². The second-order valence-electron chi connectivity index (χ2n) is 6.39. The first-order valence-corrected chi connectivity index (χ1v) is 9.72. The van der Waals surface area contributed by atoms with Crippen molar-refractivity contribution in [2.45, 2.75) is 26.7 Å². The number of carbonyl (C=O) groups is 2. The number of pyridine rings is 1. The van der Waals surface area contributed by atoms with E-state index in [2.05, 4.69) is 10.3 Å². The Bertz CT molecular complexity index is 1100. The Balaban J connectivity index is 1.82. The second-order valence-corrected chi connectivity index (χ2v) is 7.41. The summed E-state index contributed by atoms with van der Waals surface area (Å²) in [6, 6.07) is 7.98. The Kier molecular flexibility index (Phi) is 5.79. The van der Waals surface area contributed by atoms with Crippen molar-refractivity contribution in [2.24, 2.45) is 0 Å². The quantitative estimate of drug-likeness (QED) is 0.432. The van der Waals surface area contributed by atoms with E-state index in [1.165, 1.54) is 6.07 Å². The number of amides is 1. The fraction of sp³-hybridized carbons (Fsp3) is 0.250. The van der Waals surface area contributed by atoms with Crippen LogP contribution in [0.25, 0.3) is 10.2 Å². The summed E-state index contributed by atoms with van der Waals surface area (Å²) in [6.07, 6.45) is 1.74. The van der Waals surface area contributed by atoms with Crippen molar-refractivity contribution < 1.29 is 14.3 Å². The summed E-state index contributed by atoms with van der Waals surface area (Å²) in [5.41, 5.74) is 7.75. The smallest absolute Gasteiger partial charge is 0.338 e. The summed E-state index contributed by atoms with van der Waals surface area (Å²) < 4.78 is 5.19. The van der Waals surface area contributed by atoms with Gasteiger partial charge in [0, 0.05) is 17.1 Å². The summed E-state index contributed by atoms with van der Waals surface area (Å²) >= 11 is 1.12. The number of anilines is 2. The highest BCUT2D eigenvalue weighted by Crippen LogP contribution is 2.34. The van der Waals surface area contributed by atoms with Crippen LogP contribution in [0, 0.1) is 6.92 Å². The van der Waals surface area contributed by atoms with E-state index in [9.17, 15) is 14.4 Å². The maximum atomic E-state index is 12.7. The van der Waals surface area contributed by atoms with Gasteiger partial charge < -0.3 is 20.8 Å². The molecule has 0 aliphatic carbocycles. The van der Waals surface area contributed by atoms with Gasteiger partial charge in [0.2, 0.25) is 5.56 Å². The third-order valence-corrected chi connectivity index (χ3v) is 5.34. The van der Waals surface area contributed by atoms with Gasteiger partial charge in [0.05, 0.1) is 17.9 Å². The van der Waals surface area contributed by atoms with Crippen LogP contribution in [-0.2, 0) is 4.74 Å². The van der Waals surface area contributed by atoms with Crippen molar-refractivity contribution in [3.05, 3.63) is 56.7 Å². The number of hydrogen-bond acceptors (Lipinski definition) is 6. The number of aromatic amines is 1. The highest BCUT2D eigenvalue weighted by atomic mass is 32.1. The van der Waals surface area contributed by atoms with Gasteiger partial charge in [-0.2, -0.15) is 0 Å². The second kappa shape index (κ2) is 8.26. The van der Waals surface area contributed by atoms with Crippen LogP contribution >= 0.6 is 11.3 Å². The van der Waals surface area contributed by atoms with E-state index in [1.807, 2.05) is 6.92 Å². The molecule has 3 rings (SSSR count). The van der Waals surface area contributed by atoms with E-state index < -0.39 is 11.9 Å². The Morgan fingerprint density at radius 3 is 2.82 bits per heavy atom. The Morgan fingerprint density at radius 1 is 1.29 bits per heavy atom. The highest BCUT2D eigenvalue weighted by Gasteiger charge is 2.19. The molecular formula is C20H21N3O4S. The largest absolute Gasteiger partial charge is 0.462 e. The Labute approximate surface area is 165 Å². The molecule has 0 aliphatic rings. The number of nitrogen functional groups attached to an aromatic ring is 1. The molecule has 0 radical (unpaired) electrons. The van der Waals surface area contributed by atoms with Crippen LogP contribution in [0.3, 0.4) is 0 Å². The first-order valence-electron chi connectivity index (χ1n) is 8.91. The van der Waals surface area contributed by atoms with Crippen LogP contribution in [0.4, 0.5) is 11.4 Å². The number of nitrogens with two attached hydrogens (primary N) is 1. The van der Waals surface area contributed by atoms with Gasteiger partial charge in [0.1, 0.15) is 9.71 Å². The maximum Gasteiger partial charge on any atom is 0.338 e. The molecule has 0 atom stereocenters. The van der Waals surface area contributed by atoms with E-state index in [-0.39, 0.29) is 5.56 Å². The summed E-state index contributed by atoms with van der Waals surface area (Å²) in [7, 11) is 0. The first kappa shape index (κ1) is 19.6. The van der Waals surface area contributed by atoms with Crippen molar-refractivity contribution in [1.29, 1.82) is 0 Å². The number of rotatable bonds is 6. The number of benzene rings is 1. The molecule has 0 fully saturated rings. The van der Waals surface area contributed by atoms with E-state index in [0.29, 0.717) is 44.2 Å². The van der Waals surface area contributed by atoms with E-state index in [4.69, 9.17) is 10.5 Å². The SMILES string of the molecule is CCCCOC(=O)c1cccc(NC(=O)c2sc3[nH]c(=O)cc(C)c3c2N)c1. The zero-order chi connectivity index (χ0) is 20.3. The number of aryl methyl sites for hydroxylation is 1. The van der Waals surface area contributed by atoms with Crippen LogP contribution in [0.5, 0.6) is 0 Å². The molecule has 1 aromatic carbocycles. The number of H-pyrrole nitrogens is 1. The third kappa shape index (κ3) is 4.07. The normalized spacial score (nSPS) is 10.8. The minimum absolute atomic E-state index is 0.243. The van der Waals surface area contributed by atoms with Crippen LogP contribution in [0.2, 0.25) is 0 Å². The standard InChI is InChI=1S/C20H21N3O4S/c1-3-4-8-27-20(26)12-6-5-7-13(10-12)22-18(25)17-16(21)15-11(2)9-14(24)23-19(15)28-17/h5-7,9-10H,3-4,8,21H2,1-2H3,(H,22,25)(H,23,24). The molecule has 3 aromatic rings. The van der Waals surface area contributed by atoms with Crippen LogP contribution in [0.1, 0.15) is 45.4 Å². The zero-order valence-electron chi connectivity index (χ0n) is 15.6. The van der Waals surface area contributed by atoms with Gasteiger partial charge in [-0.25, -0.2) is 4.79 Å². The molecule has 7 nitrogen and oxygen atoms in total. The third-order valence-electron chi connectivity index (χ3n) is 4.22. The number of ether oxygens (including phenoxy) is 1. The highest BCUT2D eigenvalue weighted by molar-refractivity contribution is 7.21. The van der Waals surface area contributed by atoms with Crippen LogP contribution < -0.4 is 16.6 Å². The predicted molar refractivity (Wildman–Crippen MR) is 111 cm³/mol. The topological polar surface area (TPSA) is 114 Å². The molecule has 8 heteroatoms. The average Bonchev–Trinajstić information content (AvgIpc) is 2.98. The molecular weight excluding hydrogens is 378 g/mol. The van der Waals surface area contributed by atoms with Gasteiger partial charge in [-0.1, -0.05) is 19.4 Å². The summed E-state index contributed by atoms with van der Waals surface area (Å²) in [5, 5.41) is 3.42. The van der Waals surface area contributed by atoms with E-state index in [1.54, 1.807) is 31.2 Å². The lowest BCUT2D eigenvalue weighted by atomic mass is 10.1. The molecule has 146 valence electrons. The molecule has 0 bridgehead atoms. The molecule has 2 aromatic heterocycles. The number of aromatic nitrogens is 1. The van der Waals surface area contributed by atoms with Crippen LogP contribution in [-0.4, -0.2) is 23.5 Å². The monoisotopic (exact) mass is 399 g/mol. The molecule has 0 saturated carbocycles. The fourth-order valence-corrected chi connectivity index (χ4v) is 3.90. The number of fused-ring (bicyclic) bond motifs is 1. The van der Waals surface area contributed by atoms with Gasteiger partial charge in [-0.15, -0.1) is 11.3 Å². The van der Waals surface area contributed by atoms with E-state index >= 15 is 0 Å². The molecule has 2 heterocycles. The Morgan fingerprint density at radius 2 is 2.07 bits per heavy atom. The van der Waals surface area contributed by atoms with Crippen molar-refractivity contribution in [3.8, 4) is 0 Å². The Hall–Kier alpha value is -3.13. The molecule has 0 unspecified atom stereocenters. The molecule has 1 amide bonds. The first-order chi connectivity index (χ1) is 13.4. The minimum Gasteiger partial charge on any atom is -0.462 e. The van der Waals surface area contributed by atoms with Crippen molar-refractivity contribution >= 4 is 44.8 Å². The number of nitrogens with one attached hydrogen (secondary N) is 2. The minimum atomic E-state index is -0.431. The van der Waals surface area contributed by atoms with Gasteiger partial charge >= 0.3 is 5.97 Å². The van der Waals surface area contributed by atoms with E-state index in [0.717, 1.165) is 24.2 Å². The lowest BCUT2D eigenvalue weighted by molar-refractivity contribution is 0.0499. The molecule has 28 heavy (non-hydrogen) atoms. The van der Waals surface area contributed by atoms with Crippen molar-refractivity contribution in [3.63, 3.8) is 0 Å². The number of carbonyl (C=O) groups excluding carboxylic acids is 2. The molecule has 4 N–H and O–H groups in total. The number of hydrogen-bond donors (Lipinski definition) is 3. The van der Waals surface area contributed by atoms with Gasteiger partial charge in [0.25, 0.3) is 5.91 Å². The van der Waals surface area contributed by atoms with Gasteiger partial charge in [-0.3, -0.25) is 9.59 Å². The average molecular weight is 399 g/mol. The summed E-state index contributed by atoms with van der Waals surface area (Å²) in [5.74, 6) is -0.838. The van der Waals surface area contributed by atoms with Crippen molar-refractivity contribution in [1.82, 2.24) is 4.98 Å². The number of esters is 1. The number of thiophene rings is 1. The lowest BCUT2D eigenvalue weighted by Crippen LogP contribution is -2.13. The fourth-order valence-electron chi connectivity index (χ4n) is 2.81. The summed E-state index contributed by atoms with van der Waals surface area (Å²) in [4.78, 5) is 40.0.